The highest BCUT2D eigenvalue weighted by molar-refractivity contribution is 5.76. The number of nitrogens with one attached hydrogen (secondary N) is 1. The number of rotatable bonds is 9. The Morgan fingerprint density at radius 1 is 1.21 bits per heavy atom. The predicted octanol–water partition coefficient (Wildman–Crippen LogP) is 3.38. The Balaban J connectivity index is 1.75. The van der Waals surface area contributed by atoms with Gasteiger partial charge in [-0.3, -0.25) is 4.79 Å². The van der Waals surface area contributed by atoms with Gasteiger partial charge in [0.25, 0.3) is 5.89 Å². The van der Waals surface area contributed by atoms with Crippen molar-refractivity contribution in [1.29, 1.82) is 0 Å². The topological polar surface area (TPSA) is 91.4 Å². The Labute approximate surface area is 169 Å². The summed E-state index contributed by atoms with van der Waals surface area (Å²) in [5, 5.41) is 7.00. The highest BCUT2D eigenvalue weighted by Gasteiger charge is 2.16. The first-order valence-electron chi connectivity index (χ1n) is 9.50. The first-order valence-corrected chi connectivity index (χ1v) is 9.50. The molecule has 8 heteroatoms. The lowest BCUT2D eigenvalue weighted by atomic mass is 10.1. The van der Waals surface area contributed by atoms with Gasteiger partial charge >= 0.3 is 0 Å². The van der Waals surface area contributed by atoms with Crippen molar-refractivity contribution < 1.29 is 18.8 Å². The third-order valence-corrected chi connectivity index (χ3v) is 4.47. The minimum atomic E-state index is -0.0530. The Hall–Kier alpha value is -3.29. The summed E-state index contributed by atoms with van der Waals surface area (Å²) < 4.78 is 17.8. The molecule has 2 aromatic heterocycles. The molecule has 0 aliphatic rings. The maximum absolute atomic E-state index is 12.2. The van der Waals surface area contributed by atoms with Gasteiger partial charge in [-0.25, -0.2) is 0 Å². The monoisotopic (exact) mass is 398 g/mol. The summed E-state index contributed by atoms with van der Waals surface area (Å²) in [6.45, 7) is 5.11. The van der Waals surface area contributed by atoms with Crippen LogP contribution in [0.1, 0.15) is 20.3 Å². The predicted molar refractivity (Wildman–Crippen MR) is 109 cm³/mol. The molecule has 154 valence electrons. The van der Waals surface area contributed by atoms with Crippen LogP contribution in [0, 0.1) is 5.92 Å². The minimum absolute atomic E-state index is 0.0530. The summed E-state index contributed by atoms with van der Waals surface area (Å²) >= 11 is 0. The molecular formula is C21H26N4O4. The molecular weight excluding hydrogens is 372 g/mol. The Morgan fingerprint density at radius 3 is 2.72 bits per heavy atom. The molecule has 0 saturated heterocycles. The van der Waals surface area contributed by atoms with E-state index in [0.29, 0.717) is 41.4 Å². The number of ether oxygens (including phenoxy) is 2. The Morgan fingerprint density at radius 2 is 2.00 bits per heavy atom. The van der Waals surface area contributed by atoms with E-state index in [1.807, 2.05) is 24.4 Å². The van der Waals surface area contributed by atoms with E-state index in [9.17, 15) is 4.79 Å². The normalized spacial score (nSPS) is 10.9. The van der Waals surface area contributed by atoms with Crippen molar-refractivity contribution in [3.63, 3.8) is 0 Å². The Bertz CT molecular complexity index is 961. The van der Waals surface area contributed by atoms with Crippen molar-refractivity contribution in [3.8, 4) is 34.5 Å². The number of methoxy groups -OCH3 is 2. The maximum Gasteiger partial charge on any atom is 0.274 e. The van der Waals surface area contributed by atoms with Crippen LogP contribution >= 0.6 is 0 Å². The van der Waals surface area contributed by atoms with Gasteiger partial charge in [0.05, 0.1) is 14.2 Å². The molecule has 3 aromatic rings. The largest absolute Gasteiger partial charge is 0.493 e. The van der Waals surface area contributed by atoms with Gasteiger partial charge < -0.3 is 23.9 Å². The molecule has 0 aliphatic heterocycles. The van der Waals surface area contributed by atoms with E-state index < -0.39 is 0 Å². The number of hydrogen-bond donors (Lipinski definition) is 1. The van der Waals surface area contributed by atoms with E-state index in [4.69, 9.17) is 14.0 Å². The molecule has 0 atom stereocenters. The quantitative estimate of drug-likeness (QED) is 0.594. The standard InChI is InChI=1S/C21H26N4O4/c1-14(2)9-10-22-19(26)13-25-11-5-6-16(25)21-23-20(24-29-21)15-7-8-17(27-3)18(12-15)28-4/h5-8,11-12,14H,9-10,13H2,1-4H3,(H,22,26). The van der Waals surface area contributed by atoms with Gasteiger partial charge in [-0.15, -0.1) is 0 Å². The SMILES string of the molecule is COc1ccc(-c2noc(-c3cccn3CC(=O)NCCC(C)C)n2)cc1OC. The molecule has 0 bridgehead atoms. The molecule has 0 radical (unpaired) electrons. The first-order chi connectivity index (χ1) is 14.0. The summed E-state index contributed by atoms with van der Waals surface area (Å²) in [6, 6.07) is 9.09. The zero-order valence-electron chi connectivity index (χ0n) is 17.1. The van der Waals surface area contributed by atoms with Gasteiger partial charge in [0.2, 0.25) is 11.7 Å². The average Bonchev–Trinajstić information content (AvgIpc) is 3.36. The van der Waals surface area contributed by atoms with Gasteiger partial charge in [0, 0.05) is 18.3 Å². The second-order valence-corrected chi connectivity index (χ2v) is 7.05. The molecule has 0 fully saturated rings. The molecule has 3 rings (SSSR count). The lowest BCUT2D eigenvalue weighted by Crippen LogP contribution is -2.29. The van der Waals surface area contributed by atoms with Crippen LogP contribution in [0.15, 0.2) is 41.1 Å². The molecule has 2 heterocycles. The number of nitrogens with zero attached hydrogens (tertiary/aromatic N) is 3. The summed E-state index contributed by atoms with van der Waals surface area (Å²) in [7, 11) is 3.15. The van der Waals surface area contributed by atoms with Crippen molar-refractivity contribution in [2.24, 2.45) is 5.92 Å². The van der Waals surface area contributed by atoms with Crippen LogP contribution < -0.4 is 14.8 Å². The lowest BCUT2D eigenvalue weighted by Gasteiger charge is -2.09. The molecule has 0 unspecified atom stereocenters. The zero-order chi connectivity index (χ0) is 20.8. The van der Waals surface area contributed by atoms with E-state index >= 15 is 0 Å². The molecule has 8 nitrogen and oxygen atoms in total. The number of benzene rings is 1. The number of amides is 1. The fourth-order valence-electron chi connectivity index (χ4n) is 2.88. The first kappa shape index (κ1) is 20.4. The van der Waals surface area contributed by atoms with E-state index in [1.165, 1.54) is 0 Å². The van der Waals surface area contributed by atoms with Crippen molar-refractivity contribution in [1.82, 2.24) is 20.0 Å². The molecule has 1 N–H and O–H groups in total. The van der Waals surface area contributed by atoms with Gasteiger partial charge in [-0.2, -0.15) is 4.98 Å². The van der Waals surface area contributed by atoms with Gasteiger partial charge in [0.1, 0.15) is 12.2 Å². The van der Waals surface area contributed by atoms with Crippen LogP contribution in [0.3, 0.4) is 0 Å². The molecule has 0 aliphatic carbocycles. The molecule has 0 spiro atoms. The highest BCUT2D eigenvalue weighted by atomic mass is 16.5. The number of carbonyl (C=O) groups excluding carboxylic acids is 1. The number of hydrogen-bond acceptors (Lipinski definition) is 6. The summed E-state index contributed by atoms with van der Waals surface area (Å²) in [4.78, 5) is 16.7. The summed E-state index contributed by atoms with van der Waals surface area (Å²) in [6.07, 6.45) is 2.76. The second kappa shape index (κ2) is 9.27. The molecule has 1 amide bonds. The second-order valence-electron chi connectivity index (χ2n) is 7.05. The number of aromatic nitrogens is 3. The summed E-state index contributed by atoms with van der Waals surface area (Å²) in [5.41, 5.74) is 1.42. The van der Waals surface area contributed by atoms with Gasteiger partial charge in [0.15, 0.2) is 11.5 Å². The van der Waals surface area contributed by atoms with Crippen LogP contribution in [0.4, 0.5) is 0 Å². The van der Waals surface area contributed by atoms with E-state index in [2.05, 4.69) is 29.3 Å². The minimum Gasteiger partial charge on any atom is -0.493 e. The average molecular weight is 398 g/mol. The van der Waals surface area contributed by atoms with Crippen molar-refractivity contribution in [3.05, 3.63) is 36.5 Å². The van der Waals surface area contributed by atoms with Crippen LogP contribution in [0.2, 0.25) is 0 Å². The van der Waals surface area contributed by atoms with Crippen LogP contribution in [0.25, 0.3) is 23.0 Å². The number of carbonyl (C=O) groups is 1. The lowest BCUT2D eigenvalue weighted by molar-refractivity contribution is -0.121. The van der Waals surface area contributed by atoms with E-state index in [1.54, 1.807) is 30.9 Å². The Kier molecular flexibility index (Phi) is 6.54. The maximum atomic E-state index is 12.2. The van der Waals surface area contributed by atoms with Crippen molar-refractivity contribution in [2.45, 2.75) is 26.8 Å². The highest BCUT2D eigenvalue weighted by Crippen LogP contribution is 2.32. The third-order valence-electron chi connectivity index (χ3n) is 4.47. The molecule has 29 heavy (non-hydrogen) atoms. The zero-order valence-corrected chi connectivity index (χ0v) is 17.1. The molecule has 0 saturated carbocycles. The van der Waals surface area contributed by atoms with E-state index in [-0.39, 0.29) is 12.5 Å². The van der Waals surface area contributed by atoms with Crippen LogP contribution in [-0.4, -0.2) is 41.4 Å². The van der Waals surface area contributed by atoms with Crippen LogP contribution in [-0.2, 0) is 11.3 Å². The fourth-order valence-corrected chi connectivity index (χ4v) is 2.88. The van der Waals surface area contributed by atoms with Gasteiger partial charge in [-0.05, 0) is 42.7 Å². The third kappa shape index (κ3) is 4.96. The van der Waals surface area contributed by atoms with Crippen molar-refractivity contribution in [2.75, 3.05) is 20.8 Å². The van der Waals surface area contributed by atoms with Crippen LogP contribution in [0.5, 0.6) is 11.5 Å². The van der Waals surface area contributed by atoms with Gasteiger partial charge in [-0.1, -0.05) is 19.0 Å². The van der Waals surface area contributed by atoms with Crippen molar-refractivity contribution >= 4 is 5.91 Å². The summed E-state index contributed by atoms with van der Waals surface area (Å²) in [5.74, 6) is 2.47. The van der Waals surface area contributed by atoms with E-state index in [0.717, 1.165) is 12.0 Å². The smallest absolute Gasteiger partial charge is 0.274 e. The fraction of sp³-hybridized carbons (Fsp3) is 0.381. The molecule has 1 aromatic carbocycles.